The summed E-state index contributed by atoms with van der Waals surface area (Å²) in [6.45, 7) is 5.39. The maximum absolute atomic E-state index is 8.85. The van der Waals surface area contributed by atoms with Crippen molar-refractivity contribution in [2.24, 2.45) is 0 Å². The molecule has 0 amide bonds. The third kappa shape index (κ3) is 4.45. The van der Waals surface area contributed by atoms with Crippen LogP contribution >= 0.6 is 0 Å². The molecule has 0 radical (unpaired) electrons. The first kappa shape index (κ1) is 12.2. The summed E-state index contributed by atoms with van der Waals surface area (Å²) in [6.07, 6.45) is 1.11. The molecule has 1 unspecified atom stereocenters. The van der Waals surface area contributed by atoms with Crippen molar-refractivity contribution in [1.82, 2.24) is 5.32 Å². The number of aliphatic hydroxyl groups is 1. The number of rotatable bonds is 6. The van der Waals surface area contributed by atoms with Gasteiger partial charge in [0.2, 0.25) is 0 Å². The Labute approximate surface area is 92.3 Å². The maximum atomic E-state index is 8.85. The largest absolute Gasteiger partial charge is 0.395 e. The highest BCUT2D eigenvalue weighted by atomic mass is 16.3. The monoisotopic (exact) mass is 207 g/mol. The Morgan fingerprint density at radius 1 is 1.20 bits per heavy atom. The fourth-order valence-electron chi connectivity index (χ4n) is 1.56. The molecule has 1 aromatic rings. The molecule has 0 saturated heterocycles. The van der Waals surface area contributed by atoms with E-state index < -0.39 is 0 Å². The fourth-order valence-corrected chi connectivity index (χ4v) is 1.56. The minimum atomic E-state index is 0.202. The molecule has 0 aliphatic carbocycles. The highest BCUT2D eigenvalue weighted by molar-refractivity contribution is 5.18. The van der Waals surface area contributed by atoms with Crippen molar-refractivity contribution in [3.05, 3.63) is 35.9 Å². The molecule has 0 aromatic heterocycles. The summed E-state index contributed by atoms with van der Waals surface area (Å²) < 4.78 is 0. The summed E-state index contributed by atoms with van der Waals surface area (Å²) in [6, 6.07) is 10.7. The molecule has 0 saturated carbocycles. The van der Waals surface area contributed by atoms with Gasteiger partial charge in [-0.1, -0.05) is 37.3 Å². The van der Waals surface area contributed by atoms with Gasteiger partial charge in [-0.05, 0) is 31.4 Å². The van der Waals surface area contributed by atoms with Gasteiger partial charge in [0, 0.05) is 6.04 Å². The predicted molar refractivity (Wildman–Crippen MR) is 64.0 cm³/mol. The summed E-state index contributed by atoms with van der Waals surface area (Å²) in [5.41, 5.74) is 1.39. The van der Waals surface area contributed by atoms with Crippen LogP contribution in [0.4, 0.5) is 0 Å². The van der Waals surface area contributed by atoms with E-state index in [1.54, 1.807) is 0 Å². The summed E-state index contributed by atoms with van der Waals surface area (Å²) in [7, 11) is 0. The van der Waals surface area contributed by atoms with E-state index in [1.165, 1.54) is 5.56 Å². The van der Waals surface area contributed by atoms with Crippen molar-refractivity contribution in [3.63, 3.8) is 0 Å². The van der Waals surface area contributed by atoms with Crippen molar-refractivity contribution in [2.45, 2.75) is 32.2 Å². The molecule has 1 rings (SSSR count). The lowest BCUT2D eigenvalue weighted by Gasteiger charge is -2.14. The van der Waals surface area contributed by atoms with Gasteiger partial charge in [0.1, 0.15) is 0 Å². The summed E-state index contributed by atoms with van der Waals surface area (Å²) in [5, 5.41) is 12.1. The second-order valence-electron chi connectivity index (χ2n) is 4.14. The van der Waals surface area contributed by atoms with Gasteiger partial charge in [-0.15, -0.1) is 0 Å². The lowest BCUT2D eigenvalue weighted by molar-refractivity contribution is 0.251. The number of hydrogen-bond donors (Lipinski definition) is 2. The van der Waals surface area contributed by atoms with Crippen LogP contribution in [0.15, 0.2) is 30.3 Å². The molecule has 15 heavy (non-hydrogen) atoms. The smallest absolute Gasteiger partial charge is 0.0581 e. The minimum Gasteiger partial charge on any atom is -0.395 e. The third-order valence-electron chi connectivity index (χ3n) is 2.71. The van der Waals surface area contributed by atoms with Crippen LogP contribution in [0.1, 0.15) is 31.7 Å². The highest BCUT2D eigenvalue weighted by Gasteiger charge is 2.05. The van der Waals surface area contributed by atoms with E-state index in [0.29, 0.717) is 5.92 Å². The molecule has 0 heterocycles. The van der Waals surface area contributed by atoms with Crippen molar-refractivity contribution in [1.29, 1.82) is 0 Å². The quantitative estimate of drug-likeness (QED) is 0.749. The van der Waals surface area contributed by atoms with Crippen molar-refractivity contribution < 1.29 is 5.11 Å². The zero-order valence-corrected chi connectivity index (χ0v) is 9.61. The molecule has 0 spiro atoms. The van der Waals surface area contributed by atoms with Crippen molar-refractivity contribution in [2.75, 3.05) is 13.2 Å². The average molecular weight is 207 g/mol. The van der Waals surface area contributed by atoms with Gasteiger partial charge < -0.3 is 10.4 Å². The van der Waals surface area contributed by atoms with E-state index in [0.717, 1.165) is 13.0 Å². The van der Waals surface area contributed by atoms with E-state index >= 15 is 0 Å². The van der Waals surface area contributed by atoms with Crippen LogP contribution in [0.25, 0.3) is 0 Å². The molecule has 84 valence electrons. The summed E-state index contributed by atoms with van der Waals surface area (Å²) in [4.78, 5) is 0. The van der Waals surface area contributed by atoms with Crippen LogP contribution in [0.2, 0.25) is 0 Å². The van der Waals surface area contributed by atoms with E-state index in [9.17, 15) is 0 Å². The topological polar surface area (TPSA) is 32.3 Å². The molecule has 0 fully saturated rings. The van der Waals surface area contributed by atoms with E-state index in [1.807, 2.05) is 13.0 Å². The zero-order chi connectivity index (χ0) is 11.1. The Balaban J connectivity index is 2.28. The molecule has 2 nitrogen and oxygen atoms in total. The van der Waals surface area contributed by atoms with E-state index in [-0.39, 0.29) is 12.6 Å². The molecular weight excluding hydrogens is 186 g/mol. The first-order chi connectivity index (χ1) is 7.24. The number of nitrogens with one attached hydrogen (secondary N) is 1. The van der Waals surface area contributed by atoms with Crippen LogP contribution in [-0.2, 0) is 0 Å². The zero-order valence-electron chi connectivity index (χ0n) is 9.61. The van der Waals surface area contributed by atoms with Crippen molar-refractivity contribution >= 4 is 0 Å². The van der Waals surface area contributed by atoms with Crippen LogP contribution < -0.4 is 5.32 Å². The standard InChI is InChI=1S/C13H21NO/c1-11(8-9-14-12(2)10-15)13-6-4-3-5-7-13/h3-7,11-12,14-15H,8-10H2,1-2H3/t11?,12-/m1/s1. The van der Waals surface area contributed by atoms with Gasteiger partial charge in [0.05, 0.1) is 6.61 Å². The lowest BCUT2D eigenvalue weighted by atomic mass is 9.98. The number of hydrogen-bond acceptors (Lipinski definition) is 2. The van der Waals surface area contributed by atoms with Gasteiger partial charge in [0.25, 0.3) is 0 Å². The molecule has 2 atom stereocenters. The number of aliphatic hydroxyl groups excluding tert-OH is 1. The Bertz CT molecular complexity index is 260. The van der Waals surface area contributed by atoms with Gasteiger partial charge in [0.15, 0.2) is 0 Å². The second kappa shape index (κ2) is 6.59. The van der Waals surface area contributed by atoms with Gasteiger partial charge in [-0.25, -0.2) is 0 Å². The average Bonchev–Trinajstić information content (AvgIpc) is 2.29. The second-order valence-corrected chi connectivity index (χ2v) is 4.14. The van der Waals surface area contributed by atoms with Crippen molar-refractivity contribution in [3.8, 4) is 0 Å². The van der Waals surface area contributed by atoms with Gasteiger partial charge in [-0.3, -0.25) is 0 Å². The Morgan fingerprint density at radius 3 is 2.47 bits per heavy atom. The van der Waals surface area contributed by atoms with Gasteiger partial charge >= 0.3 is 0 Å². The Morgan fingerprint density at radius 2 is 1.87 bits per heavy atom. The summed E-state index contributed by atoms with van der Waals surface area (Å²) >= 11 is 0. The molecule has 2 heteroatoms. The minimum absolute atomic E-state index is 0.202. The first-order valence-corrected chi connectivity index (χ1v) is 5.63. The molecule has 1 aromatic carbocycles. The van der Waals surface area contributed by atoms with Gasteiger partial charge in [-0.2, -0.15) is 0 Å². The first-order valence-electron chi connectivity index (χ1n) is 5.63. The maximum Gasteiger partial charge on any atom is 0.0581 e. The molecule has 2 N–H and O–H groups in total. The predicted octanol–water partition coefficient (Wildman–Crippen LogP) is 2.15. The number of benzene rings is 1. The highest BCUT2D eigenvalue weighted by Crippen LogP contribution is 2.17. The van der Waals surface area contributed by atoms with E-state index in [4.69, 9.17) is 5.11 Å². The van der Waals surface area contributed by atoms with Crippen LogP contribution in [0.5, 0.6) is 0 Å². The van der Waals surface area contributed by atoms with E-state index in [2.05, 4.69) is 36.5 Å². The Kier molecular flexibility index (Phi) is 5.37. The lowest BCUT2D eigenvalue weighted by Crippen LogP contribution is -2.30. The normalized spacial score (nSPS) is 14.9. The Hall–Kier alpha value is -0.860. The molecular formula is C13H21NO. The third-order valence-corrected chi connectivity index (χ3v) is 2.71. The summed E-state index contributed by atoms with van der Waals surface area (Å²) in [5.74, 6) is 0.574. The SMILES string of the molecule is CC(CCN[C@H](C)CO)c1ccccc1. The van der Waals surface area contributed by atoms with Crippen LogP contribution in [0, 0.1) is 0 Å². The fraction of sp³-hybridized carbons (Fsp3) is 0.538. The van der Waals surface area contributed by atoms with Crippen LogP contribution in [0.3, 0.4) is 0 Å². The molecule has 0 bridgehead atoms. The molecule has 0 aliphatic rings. The molecule has 0 aliphatic heterocycles. The van der Waals surface area contributed by atoms with Crippen LogP contribution in [-0.4, -0.2) is 24.3 Å².